The molecule has 1 rings (SSSR count). The fourth-order valence-electron chi connectivity index (χ4n) is 1.14. The van der Waals surface area contributed by atoms with Crippen molar-refractivity contribution in [1.82, 2.24) is 20.3 Å². The quantitative estimate of drug-likeness (QED) is 0.670. The van der Waals surface area contributed by atoms with Crippen molar-refractivity contribution in [1.29, 1.82) is 0 Å². The number of nitrogens with one attached hydrogen (secondary N) is 1. The second-order valence-electron chi connectivity index (χ2n) is 2.83. The van der Waals surface area contributed by atoms with E-state index >= 15 is 0 Å². The molecule has 4 nitrogen and oxygen atoms in total. The lowest BCUT2D eigenvalue weighted by Gasteiger charge is -2.11. The van der Waals surface area contributed by atoms with E-state index in [1.54, 1.807) is 18.0 Å². The molecule has 1 heterocycles. The van der Waals surface area contributed by atoms with Gasteiger partial charge in [0.1, 0.15) is 5.69 Å². The van der Waals surface area contributed by atoms with E-state index in [-0.39, 0.29) is 6.04 Å². The van der Waals surface area contributed by atoms with Gasteiger partial charge in [-0.2, -0.15) is 15.0 Å². The molecule has 1 atom stereocenters. The Balaban J connectivity index is 2.87. The van der Waals surface area contributed by atoms with Gasteiger partial charge in [0.05, 0.1) is 12.2 Å². The van der Waals surface area contributed by atoms with Gasteiger partial charge in [0.25, 0.3) is 0 Å². The largest absolute Gasteiger partial charge is 0.308 e. The van der Waals surface area contributed by atoms with Crippen LogP contribution in [0.2, 0.25) is 0 Å². The van der Waals surface area contributed by atoms with E-state index in [9.17, 15) is 0 Å². The highest BCUT2D eigenvalue weighted by Crippen LogP contribution is 2.15. The number of hydrogen-bond acceptors (Lipinski definition) is 3. The molecule has 1 aromatic heterocycles. The lowest BCUT2D eigenvalue weighted by molar-refractivity contribution is 0.608. The van der Waals surface area contributed by atoms with Gasteiger partial charge in [-0.1, -0.05) is 12.2 Å². The molecule has 0 amide bonds. The van der Waals surface area contributed by atoms with Gasteiger partial charge < -0.3 is 5.32 Å². The Bertz CT molecular complexity index is 276. The SMILES string of the molecule is C=C(C)C(NC)c1cnn(C)n1. The predicted octanol–water partition coefficient (Wildman–Crippen LogP) is 0.652. The molecule has 0 fully saturated rings. The highest BCUT2D eigenvalue weighted by atomic mass is 15.4. The number of likely N-dealkylation sites (N-methyl/N-ethyl adjacent to an activating group) is 1. The molecule has 12 heavy (non-hydrogen) atoms. The van der Waals surface area contributed by atoms with Crippen molar-refractivity contribution < 1.29 is 0 Å². The van der Waals surface area contributed by atoms with Crippen LogP contribution in [0.4, 0.5) is 0 Å². The van der Waals surface area contributed by atoms with Crippen LogP contribution in [0.5, 0.6) is 0 Å². The fraction of sp³-hybridized carbons (Fsp3) is 0.500. The van der Waals surface area contributed by atoms with Crippen LogP contribution < -0.4 is 5.32 Å². The molecule has 0 bridgehead atoms. The van der Waals surface area contributed by atoms with Crippen LogP contribution >= 0.6 is 0 Å². The summed E-state index contributed by atoms with van der Waals surface area (Å²) < 4.78 is 0. The van der Waals surface area contributed by atoms with Gasteiger partial charge in [-0.05, 0) is 14.0 Å². The molecule has 66 valence electrons. The van der Waals surface area contributed by atoms with Gasteiger partial charge in [0.15, 0.2) is 0 Å². The lowest BCUT2D eigenvalue weighted by atomic mass is 10.1. The van der Waals surface area contributed by atoms with Gasteiger partial charge in [-0.25, -0.2) is 0 Å². The maximum absolute atomic E-state index is 4.19. The van der Waals surface area contributed by atoms with Crippen molar-refractivity contribution in [3.05, 3.63) is 24.0 Å². The van der Waals surface area contributed by atoms with Gasteiger partial charge in [0.2, 0.25) is 0 Å². The summed E-state index contributed by atoms with van der Waals surface area (Å²) >= 11 is 0. The number of rotatable bonds is 3. The smallest absolute Gasteiger partial charge is 0.104 e. The molecule has 1 unspecified atom stereocenters. The third kappa shape index (κ3) is 1.71. The summed E-state index contributed by atoms with van der Waals surface area (Å²) in [4.78, 5) is 1.54. The first-order valence-corrected chi connectivity index (χ1v) is 3.84. The highest BCUT2D eigenvalue weighted by molar-refractivity contribution is 5.14. The van der Waals surface area contributed by atoms with Gasteiger partial charge >= 0.3 is 0 Å². The Labute approximate surface area is 72.3 Å². The van der Waals surface area contributed by atoms with E-state index in [4.69, 9.17) is 0 Å². The molecular formula is C8H14N4. The van der Waals surface area contributed by atoms with Crippen molar-refractivity contribution in [3.63, 3.8) is 0 Å². The van der Waals surface area contributed by atoms with E-state index in [0.717, 1.165) is 11.3 Å². The summed E-state index contributed by atoms with van der Waals surface area (Å²) in [5, 5.41) is 11.3. The molecule has 0 aliphatic heterocycles. The van der Waals surface area contributed by atoms with Crippen LogP contribution in [-0.4, -0.2) is 22.0 Å². The minimum absolute atomic E-state index is 0.110. The van der Waals surface area contributed by atoms with Gasteiger partial charge in [-0.15, -0.1) is 0 Å². The maximum Gasteiger partial charge on any atom is 0.104 e. The van der Waals surface area contributed by atoms with Crippen LogP contribution in [0.15, 0.2) is 18.3 Å². The average Bonchev–Trinajstić information content (AvgIpc) is 2.37. The van der Waals surface area contributed by atoms with Gasteiger partial charge in [-0.3, -0.25) is 0 Å². The second kappa shape index (κ2) is 3.49. The lowest BCUT2D eigenvalue weighted by Crippen LogP contribution is -2.17. The summed E-state index contributed by atoms with van der Waals surface area (Å²) in [6.07, 6.45) is 1.75. The molecule has 4 heteroatoms. The summed E-state index contributed by atoms with van der Waals surface area (Å²) in [6, 6.07) is 0.110. The van der Waals surface area contributed by atoms with Crippen molar-refractivity contribution in [3.8, 4) is 0 Å². The Kier molecular flexibility index (Phi) is 2.60. The zero-order valence-corrected chi connectivity index (χ0v) is 7.70. The number of nitrogens with zero attached hydrogens (tertiary/aromatic N) is 3. The molecule has 0 saturated carbocycles. The van der Waals surface area contributed by atoms with Crippen molar-refractivity contribution in [2.45, 2.75) is 13.0 Å². The first kappa shape index (κ1) is 8.93. The summed E-state index contributed by atoms with van der Waals surface area (Å²) in [7, 11) is 3.68. The highest BCUT2D eigenvalue weighted by Gasteiger charge is 2.12. The van der Waals surface area contributed by atoms with E-state index < -0.39 is 0 Å². The Morgan fingerprint density at radius 3 is 2.75 bits per heavy atom. The maximum atomic E-state index is 4.19. The van der Waals surface area contributed by atoms with Crippen molar-refractivity contribution >= 4 is 0 Å². The molecule has 0 spiro atoms. The summed E-state index contributed by atoms with van der Waals surface area (Å²) in [5.41, 5.74) is 1.95. The average molecular weight is 166 g/mol. The topological polar surface area (TPSA) is 42.7 Å². The van der Waals surface area contributed by atoms with Crippen LogP contribution in [0.3, 0.4) is 0 Å². The Hall–Kier alpha value is -1.16. The van der Waals surface area contributed by atoms with Crippen LogP contribution in [0.25, 0.3) is 0 Å². The third-order valence-corrected chi connectivity index (χ3v) is 1.69. The molecule has 0 aliphatic rings. The molecule has 0 aromatic carbocycles. The van der Waals surface area contributed by atoms with Crippen LogP contribution in [0, 0.1) is 0 Å². The predicted molar refractivity (Wildman–Crippen MR) is 47.6 cm³/mol. The third-order valence-electron chi connectivity index (χ3n) is 1.69. The van der Waals surface area contributed by atoms with Crippen LogP contribution in [-0.2, 0) is 7.05 Å². The minimum atomic E-state index is 0.110. The van der Waals surface area contributed by atoms with E-state index in [1.165, 1.54) is 0 Å². The van der Waals surface area contributed by atoms with Crippen LogP contribution in [0.1, 0.15) is 18.7 Å². The monoisotopic (exact) mass is 166 g/mol. The van der Waals surface area contributed by atoms with E-state index in [2.05, 4.69) is 22.1 Å². The second-order valence-corrected chi connectivity index (χ2v) is 2.83. The van der Waals surface area contributed by atoms with E-state index in [1.807, 2.05) is 14.0 Å². The molecule has 0 aliphatic carbocycles. The van der Waals surface area contributed by atoms with E-state index in [0.29, 0.717) is 0 Å². The minimum Gasteiger partial charge on any atom is -0.308 e. The molecule has 0 saturated heterocycles. The zero-order chi connectivity index (χ0) is 9.14. The zero-order valence-electron chi connectivity index (χ0n) is 7.70. The van der Waals surface area contributed by atoms with Crippen molar-refractivity contribution in [2.24, 2.45) is 7.05 Å². The van der Waals surface area contributed by atoms with Gasteiger partial charge in [0, 0.05) is 7.05 Å². The standard InChI is InChI=1S/C8H14N4/c1-6(2)8(9-3)7-5-10-12(4)11-7/h5,8-9H,1H2,2-4H3. The normalized spacial score (nSPS) is 12.9. The first-order chi connectivity index (χ1) is 5.65. The molecule has 0 radical (unpaired) electrons. The Morgan fingerprint density at radius 2 is 2.42 bits per heavy atom. The summed E-state index contributed by atoms with van der Waals surface area (Å²) in [6.45, 7) is 5.84. The number of hydrogen-bond donors (Lipinski definition) is 1. The molecular weight excluding hydrogens is 152 g/mol. The number of aryl methyl sites for hydroxylation is 1. The fourth-order valence-corrected chi connectivity index (χ4v) is 1.14. The van der Waals surface area contributed by atoms with Crippen molar-refractivity contribution in [2.75, 3.05) is 7.05 Å². The summed E-state index contributed by atoms with van der Waals surface area (Å²) in [5.74, 6) is 0. The molecule has 1 aromatic rings. The number of aromatic nitrogens is 3. The Morgan fingerprint density at radius 1 is 1.75 bits per heavy atom. The molecule has 1 N–H and O–H groups in total. The first-order valence-electron chi connectivity index (χ1n) is 3.84.